The molecule has 0 bridgehead atoms. The summed E-state index contributed by atoms with van der Waals surface area (Å²) < 4.78 is 12.2. The number of hydrogen-bond acceptors (Lipinski definition) is 3. The van der Waals surface area contributed by atoms with Gasteiger partial charge in [0.1, 0.15) is 0 Å². The van der Waals surface area contributed by atoms with E-state index in [1.807, 2.05) is 22.7 Å². The molecule has 1 fully saturated rings. The number of ether oxygens (including phenoxy) is 2. The van der Waals surface area contributed by atoms with Crippen molar-refractivity contribution in [3.05, 3.63) is 40.7 Å². The lowest BCUT2D eigenvalue weighted by atomic mass is 10.0. The van der Waals surface area contributed by atoms with Gasteiger partial charge in [-0.05, 0) is 24.6 Å². The quantitative estimate of drug-likeness (QED) is 0.794. The molecule has 3 rings (SSSR count). The smallest absolute Gasteiger partial charge is 0.340 e. The standard InChI is InChI=1S/C14H14ClNO3/c1-18-14(17)10-7-12(9-4-6-19-8-9)16-5-2-3-11(15)13(10)16/h2-3,5,7,9H,4,6,8H2,1H3/t9-/m1/s1. The Bertz CT molecular complexity index is 629. The Hall–Kier alpha value is -1.52. The number of nitrogens with zero attached hydrogens (tertiary/aromatic N) is 1. The molecular formula is C14H14ClNO3. The second kappa shape index (κ2) is 4.87. The molecule has 0 unspecified atom stereocenters. The first kappa shape index (κ1) is 12.5. The van der Waals surface area contributed by atoms with E-state index in [0.29, 0.717) is 28.6 Å². The fourth-order valence-corrected chi connectivity index (χ4v) is 2.85. The van der Waals surface area contributed by atoms with E-state index in [9.17, 15) is 4.79 Å². The average Bonchev–Trinajstić information content (AvgIpc) is 3.05. The SMILES string of the molecule is COC(=O)c1cc([C@@H]2CCOC2)n2cccc(Cl)c12. The highest BCUT2D eigenvalue weighted by Gasteiger charge is 2.25. The molecule has 0 aromatic carbocycles. The Morgan fingerprint density at radius 3 is 3.11 bits per heavy atom. The van der Waals surface area contributed by atoms with Gasteiger partial charge < -0.3 is 13.9 Å². The van der Waals surface area contributed by atoms with Gasteiger partial charge in [-0.2, -0.15) is 0 Å². The Balaban J connectivity index is 2.23. The van der Waals surface area contributed by atoms with Gasteiger partial charge in [0.2, 0.25) is 0 Å². The van der Waals surface area contributed by atoms with Gasteiger partial charge in [-0.15, -0.1) is 0 Å². The number of hydrogen-bond donors (Lipinski definition) is 0. The number of esters is 1. The molecule has 4 nitrogen and oxygen atoms in total. The lowest BCUT2D eigenvalue weighted by molar-refractivity contribution is 0.0603. The van der Waals surface area contributed by atoms with Crippen LogP contribution < -0.4 is 0 Å². The summed E-state index contributed by atoms with van der Waals surface area (Å²) in [6.07, 6.45) is 2.88. The van der Waals surface area contributed by atoms with E-state index in [4.69, 9.17) is 21.1 Å². The molecule has 0 aliphatic carbocycles. The van der Waals surface area contributed by atoms with Crippen LogP contribution in [0.4, 0.5) is 0 Å². The maximum atomic E-state index is 11.9. The van der Waals surface area contributed by atoms with E-state index in [1.54, 1.807) is 6.07 Å². The molecule has 0 amide bonds. The summed E-state index contributed by atoms with van der Waals surface area (Å²) in [7, 11) is 1.38. The molecule has 5 heteroatoms. The summed E-state index contributed by atoms with van der Waals surface area (Å²) in [6, 6.07) is 5.51. The van der Waals surface area contributed by atoms with E-state index in [2.05, 4.69) is 0 Å². The van der Waals surface area contributed by atoms with Crippen LogP contribution in [0.1, 0.15) is 28.4 Å². The zero-order chi connectivity index (χ0) is 13.4. The van der Waals surface area contributed by atoms with Crippen LogP contribution >= 0.6 is 11.6 Å². The monoisotopic (exact) mass is 279 g/mol. The third-order valence-corrected chi connectivity index (χ3v) is 3.83. The van der Waals surface area contributed by atoms with Gasteiger partial charge in [0.15, 0.2) is 0 Å². The topological polar surface area (TPSA) is 39.9 Å². The maximum Gasteiger partial charge on any atom is 0.340 e. The minimum atomic E-state index is -0.365. The summed E-state index contributed by atoms with van der Waals surface area (Å²) in [5, 5.41) is 0.549. The first-order valence-electron chi connectivity index (χ1n) is 6.18. The number of fused-ring (bicyclic) bond motifs is 1. The Morgan fingerprint density at radius 1 is 1.58 bits per heavy atom. The first-order valence-corrected chi connectivity index (χ1v) is 6.55. The van der Waals surface area contributed by atoms with E-state index in [-0.39, 0.29) is 5.97 Å². The number of carbonyl (C=O) groups excluding carboxylic acids is 1. The third-order valence-electron chi connectivity index (χ3n) is 3.52. The molecule has 2 aromatic heterocycles. The van der Waals surface area contributed by atoms with Crippen molar-refractivity contribution in [2.75, 3.05) is 20.3 Å². The fourth-order valence-electron chi connectivity index (χ4n) is 2.59. The van der Waals surface area contributed by atoms with Gasteiger partial charge in [0.05, 0.1) is 29.8 Å². The number of carbonyl (C=O) groups is 1. The molecule has 1 atom stereocenters. The van der Waals surface area contributed by atoms with Crippen molar-refractivity contribution in [1.29, 1.82) is 0 Å². The average molecular weight is 280 g/mol. The van der Waals surface area contributed by atoms with Crippen molar-refractivity contribution in [3.63, 3.8) is 0 Å². The van der Waals surface area contributed by atoms with Crippen LogP contribution in [0.2, 0.25) is 5.02 Å². The van der Waals surface area contributed by atoms with E-state index in [1.165, 1.54) is 7.11 Å². The molecule has 2 aromatic rings. The van der Waals surface area contributed by atoms with Gasteiger partial charge >= 0.3 is 5.97 Å². The predicted molar refractivity (Wildman–Crippen MR) is 71.9 cm³/mol. The second-order valence-corrected chi connectivity index (χ2v) is 5.02. The van der Waals surface area contributed by atoms with Gasteiger partial charge in [0, 0.05) is 24.4 Å². The van der Waals surface area contributed by atoms with Crippen LogP contribution in [0.3, 0.4) is 0 Å². The number of rotatable bonds is 2. The predicted octanol–water partition coefficient (Wildman–Crippen LogP) is 2.88. The molecule has 0 radical (unpaired) electrons. The number of pyridine rings is 1. The Labute approximate surface area is 115 Å². The molecule has 0 spiro atoms. The third kappa shape index (κ3) is 2.01. The molecule has 1 aliphatic rings. The molecule has 0 N–H and O–H groups in total. The summed E-state index contributed by atoms with van der Waals surface area (Å²) in [6.45, 7) is 1.44. The number of halogens is 1. The van der Waals surface area contributed by atoms with Gasteiger partial charge in [0.25, 0.3) is 0 Å². The van der Waals surface area contributed by atoms with Gasteiger partial charge in [-0.25, -0.2) is 4.79 Å². The number of aromatic nitrogens is 1. The van der Waals surface area contributed by atoms with Crippen LogP contribution in [0.15, 0.2) is 24.4 Å². The fraction of sp³-hybridized carbons (Fsp3) is 0.357. The summed E-state index contributed by atoms with van der Waals surface area (Å²) in [4.78, 5) is 11.9. The summed E-state index contributed by atoms with van der Waals surface area (Å²) >= 11 is 6.22. The van der Waals surface area contributed by atoms with Crippen LogP contribution in [-0.4, -0.2) is 30.7 Å². The maximum absolute atomic E-state index is 11.9. The van der Waals surface area contributed by atoms with Gasteiger partial charge in [-0.1, -0.05) is 11.6 Å². The van der Waals surface area contributed by atoms with Crippen LogP contribution in [-0.2, 0) is 9.47 Å². The van der Waals surface area contributed by atoms with E-state index in [0.717, 1.165) is 18.7 Å². The van der Waals surface area contributed by atoms with Crippen molar-refractivity contribution in [3.8, 4) is 0 Å². The van der Waals surface area contributed by atoms with Crippen LogP contribution in [0, 0.1) is 0 Å². The highest BCUT2D eigenvalue weighted by molar-refractivity contribution is 6.34. The molecule has 100 valence electrons. The lowest BCUT2D eigenvalue weighted by Crippen LogP contribution is -2.01. The van der Waals surface area contributed by atoms with Crippen molar-refractivity contribution in [2.45, 2.75) is 12.3 Å². The molecular weight excluding hydrogens is 266 g/mol. The minimum absolute atomic E-state index is 0.296. The molecule has 1 saturated heterocycles. The molecule has 1 aliphatic heterocycles. The zero-order valence-electron chi connectivity index (χ0n) is 10.6. The number of methoxy groups -OCH3 is 1. The van der Waals surface area contributed by atoms with Crippen molar-refractivity contribution in [2.24, 2.45) is 0 Å². The summed E-state index contributed by atoms with van der Waals surface area (Å²) in [5.74, 6) is -0.0693. The van der Waals surface area contributed by atoms with Crippen molar-refractivity contribution in [1.82, 2.24) is 4.40 Å². The first-order chi connectivity index (χ1) is 9.22. The normalized spacial score (nSPS) is 18.9. The minimum Gasteiger partial charge on any atom is -0.465 e. The van der Waals surface area contributed by atoms with Gasteiger partial charge in [-0.3, -0.25) is 0 Å². The second-order valence-electron chi connectivity index (χ2n) is 4.61. The Kier molecular flexibility index (Phi) is 3.21. The Morgan fingerprint density at radius 2 is 2.42 bits per heavy atom. The van der Waals surface area contributed by atoms with E-state index >= 15 is 0 Å². The zero-order valence-corrected chi connectivity index (χ0v) is 11.3. The van der Waals surface area contributed by atoms with Crippen LogP contribution in [0.5, 0.6) is 0 Å². The van der Waals surface area contributed by atoms with Crippen molar-refractivity contribution < 1.29 is 14.3 Å². The highest BCUT2D eigenvalue weighted by atomic mass is 35.5. The lowest BCUT2D eigenvalue weighted by Gasteiger charge is -2.08. The largest absolute Gasteiger partial charge is 0.465 e. The highest BCUT2D eigenvalue weighted by Crippen LogP contribution is 2.32. The van der Waals surface area contributed by atoms with Crippen molar-refractivity contribution >= 4 is 23.1 Å². The summed E-state index contributed by atoms with van der Waals surface area (Å²) in [5.41, 5.74) is 2.27. The van der Waals surface area contributed by atoms with Crippen LogP contribution in [0.25, 0.3) is 5.52 Å². The molecule has 19 heavy (non-hydrogen) atoms. The van der Waals surface area contributed by atoms with E-state index < -0.39 is 0 Å². The molecule has 3 heterocycles. The molecule has 0 saturated carbocycles.